The lowest BCUT2D eigenvalue weighted by molar-refractivity contribution is -0.125. The quantitative estimate of drug-likeness (QED) is 0.817. The third-order valence-corrected chi connectivity index (χ3v) is 4.50. The first-order valence-electron chi connectivity index (χ1n) is 8.21. The van der Waals surface area contributed by atoms with Crippen molar-refractivity contribution in [3.8, 4) is 0 Å². The van der Waals surface area contributed by atoms with Gasteiger partial charge in [-0.25, -0.2) is 0 Å². The molecule has 1 aromatic carbocycles. The maximum atomic E-state index is 12.6. The Morgan fingerprint density at radius 2 is 2.04 bits per heavy atom. The van der Waals surface area contributed by atoms with Crippen molar-refractivity contribution in [3.63, 3.8) is 0 Å². The summed E-state index contributed by atoms with van der Waals surface area (Å²) in [5.74, 6) is 0.222. The molecule has 3 rings (SSSR count). The molecular weight excluding hydrogens is 340 g/mol. The van der Waals surface area contributed by atoms with Gasteiger partial charge in [0.25, 0.3) is 0 Å². The molecular formula is C18H25ClN4O2. The first kappa shape index (κ1) is 19.4. The zero-order valence-corrected chi connectivity index (χ0v) is 15.4. The van der Waals surface area contributed by atoms with E-state index in [2.05, 4.69) is 15.7 Å². The molecule has 0 saturated carbocycles. The van der Waals surface area contributed by atoms with Crippen LogP contribution < -0.4 is 10.6 Å². The molecule has 0 radical (unpaired) electrons. The molecule has 1 aromatic heterocycles. The Morgan fingerprint density at radius 3 is 2.68 bits per heavy atom. The fourth-order valence-corrected chi connectivity index (χ4v) is 3.18. The second-order valence-corrected chi connectivity index (χ2v) is 6.29. The summed E-state index contributed by atoms with van der Waals surface area (Å²) in [7, 11) is 3.58. The molecule has 2 heterocycles. The van der Waals surface area contributed by atoms with Crippen LogP contribution in [0.3, 0.4) is 0 Å². The number of ether oxygens (including phenoxy) is 1. The van der Waals surface area contributed by atoms with Gasteiger partial charge in [0.1, 0.15) is 0 Å². The minimum absolute atomic E-state index is 0. The summed E-state index contributed by atoms with van der Waals surface area (Å²) in [4.78, 5) is 12.6. The number of nitrogens with zero attached hydrogens (tertiary/aromatic N) is 2. The normalized spacial score (nSPS) is 19.4. The van der Waals surface area contributed by atoms with Gasteiger partial charge in [0.2, 0.25) is 5.91 Å². The molecule has 25 heavy (non-hydrogen) atoms. The second-order valence-electron chi connectivity index (χ2n) is 6.29. The number of carbonyl (C=O) groups is 1. The summed E-state index contributed by atoms with van der Waals surface area (Å²) in [6, 6.07) is 8.11. The van der Waals surface area contributed by atoms with E-state index in [9.17, 15) is 4.79 Å². The van der Waals surface area contributed by atoms with Gasteiger partial charge in [0.05, 0.1) is 18.7 Å². The molecule has 0 bridgehead atoms. The van der Waals surface area contributed by atoms with Crippen molar-refractivity contribution in [3.05, 3.63) is 53.3 Å². The van der Waals surface area contributed by atoms with E-state index in [4.69, 9.17) is 4.74 Å². The standard InChI is InChI=1S/C18H24N4O2.ClH/c1-22-11-15(8-21-22)16-9-19-10-17(16)18(23)20-7-13-3-5-14(6-4-13)12-24-2;/h3-6,8,11,16-17,19H,7,9-10,12H2,1-2H3,(H,20,23);1H/t16-,17+;/m1./s1. The Bertz CT molecular complexity index is 687. The molecule has 1 aliphatic rings. The van der Waals surface area contributed by atoms with E-state index in [0.717, 1.165) is 23.2 Å². The summed E-state index contributed by atoms with van der Waals surface area (Å²) in [6.07, 6.45) is 3.85. The van der Waals surface area contributed by atoms with Crippen LogP contribution in [0.5, 0.6) is 0 Å². The lowest BCUT2D eigenvalue weighted by atomic mass is 9.90. The first-order chi connectivity index (χ1) is 11.7. The van der Waals surface area contributed by atoms with Crippen LogP contribution >= 0.6 is 12.4 Å². The number of hydrogen-bond acceptors (Lipinski definition) is 4. The molecule has 2 N–H and O–H groups in total. The lowest BCUT2D eigenvalue weighted by Crippen LogP contribution is -2.33. The van der Waals surface area contributed by atoms with E-state index in [1.807, 2.05) is 43.7 Å². The van der Waals surface area contributed by atoms with Gasteiger partial charge in [-0.15, -0.1) is 12.4 Å². The molecule has 0 unspecified atom stereocenters. The number of rotatable bonds is 6. The number of aryl methyl sites for hydroxylation is 1. The zero-order chi connectivity index (χ0) is 16.9. The average molecular weight is 365 g/mol. The monoisotopic (exact) mass is 364 g/mol. The van der Waals surface area contributed by atoms with Crippen LogP contribution in [0.15, 0.2) is 36.7 Å². The molecule has 1 aliphatic heterocycles. The average Bonchev–Trinajstić information content (AvgIpc) is 3.23. The number of amides is 1. The number of halogens is 1. The van der Waals surface area contributed by atoms with Gasteiger partial charge in [-0.3, -0.25) is 9.48 Å². The fourth-order valence-electron chi connectivity index (χ4n) is 3.18. The molecule has 0 spiro atoms. The van der Waals surface area contributed by atoms with Gasteiger partial charge in [-0.1, -0.05) is 24.3 Å². The molecule has 1 saturated heterocycles. The lowest BCUT2D eigenvalue weighted by Gasteiger charge is -2.17. The summed E-state index contributed by atoms with van der Waals surface area (Å²) in [6.45, 7) is 2.67. The Kier molecular flexibility index (Phi) is 6.99. The van der Waals surface area contributed by atoms with E-state index in [1.54, 1.807) is 11.8 Å². The van der Waals surface area contributed by atoms with E-state index in [-0.39, 0.29) is 30.2 Å². The van der Waals surface area contributed by atoms with Crippen LogP contribution in [0.2, 0.25) is 0 Å². The van der Waals surface area contributed by atoms with Crippen LogP contribution in [-0.2, 0) is 29.7 Å². The van der Waals surface area contributed by atoms with Gasteiger partial charge in [-0.2, -0.15) is 5.10 Å². The van der Waals surface area contributed by atoms with Gasteiger partial charge in [-0.05, 0) is 16.7 Å². The van der Waals surface area contributed by atoms with Crippen LogP contribution in [-0.4, -0.2) is 35.9 Å². The van der Waals surface area contributed by atoms with Crippen molar-refractivity contribution in [1.82, 2.24) is 20.4 Å². The largest absolute Gasteiger partial charge is 0.380 e. The highest BCUT2D eigenvalue weighted by Crippen LogP contribution is 2.27. The highest BCUT2D eigenvalue weighted by molar-refractivity contribution is 5.85. The number of methoxy groups -OCH3 is 1. The molecule has 2 atom stereocenters. The van der Waals surface area contributed by atoms with Crippen molar-refractivity contribution in [2.24, 2.45) is 13.0 Å². The molecule has 1 amide bonds. The Hall–Kier alpha value is -1.89. The van der Waals surface area contributed by atoms with Gasteiger partial charge < -0.3 is 15.4 Å². The van der Waals surface area contributed by atoms with E-state index in [1.165, 1.54) is 0 Å². The molecule has 7 heteroatoms. The second kappa shape index (κ2) is 8.99. The molecule has 0 aliphatic carbocycles. The third-order valence-electron chi connectivity index (χ3n) is 4.50. The zero-order valence-electron chi connectivity index (χ0n) is 14.6. The topological polar surface area (TPSA) is 68.2 Å². The minimum atomic E-state index is -0.0537. The third kappa shape index (κ3) is 4.81. The van der Waals surface area contributed by atoms with Crippen molar-refractivity contribution in [2.45, 2.75) is 19.1 Å². The van der Waals surface area contributed by atoms with Crippen LogP contribution in [0.4, 0.5) is 0 Å². The highest BCUT2D eigenvalue weighted by atomic mass is 35.5. The van der Waals surface area contributed by atoms with Crippen molar-refractivity contribution in [2.75, 3.05) is 20.2 Å². The van der Waals surface area contributed by atoms with Crippen molar-refractivity contribution in [1.29, 1.82) is 0 Å². The first-order valence-corrected chi connectivity index (χ1v) is 8.21. The number of hydrogen-bond donors (Lipinski definition) is 2. The minimum Gasteiger partial charge on any atom is -0.380 e. The molecule has 2 aromatic rings. The number of benzene rings is 1. The Labute approximate surface area is 154 Å². The molecule has 6 nitrogen and oxygen atoms in total. The summed E-state index contributed by atoms with van der Waals surface area (Å²) in [5, 5.41) is 10.6. The van der Waals surface area contributed by atoms with Gasteiger partial charge in [0.15, 0.2) is 0 Å². The number of nitrogens with one attached hydrogen (secondary N) is 2. The van der Waals surface area contributed by atoms with E-state index in [0.29, 0.717) is 19.7 Å². The number of carbonyl (C=O) groups excluding carboxylic acids is 1. The summed E-state index contributed by atoms with van der Waals surface area (Å²) < 4.78 is 6.89. The van der Waals surface area contributed by atoms with Crippen molar-refractivity contribution >= 4 is 18.3 Å². The smallest absolute Gasteiger partial charge is 0.225 e. The molecule has 1 fully saturated rings. The highest BCUT2D eigenvalue weighted by Gasteiger charge is 2.34. The van der Waals surface area contributed by atoms with Crippen molar-refractivity contribution < 1.29 is 9.53 Å². The predicted octanol–water partition coefficient (Wildman–Crippen LogP) is 1.61. The Balaban J connectivity index is 0.00000225. The van der Waals surface area contributed by atoms with Gasteiger partial charge >= 0.3 is 0 Å². The maximum absolute atomic E-state index is 12.6. The summed E-state index contributed by atoms with van der Waals surface area (Å²) in [5.41, 5.74) is 3.34. The predicted molar refractivity (Wildman–Crippen MR) is 98.6 cm³/mol. The molecule has 136 valence electrons. The van der Waals surface area contributed by atoms with E-state index < -0.39 is 0 Å². The summed E-state index contributed by atoms with van der Waals surface area (Å²) >= 11 is 0. The van der Waals surface area contributed by atoms with Gasteiger partial charge in [0, 0.05) is 45.9 Å². The number of aromatic nitrogens is 2. The van der Waals surface area contributed by atoms with E-state index >= 15 is 0 Å². The van der Waals surface area contributed by atoms with Crippen LogP contribution in [0.25, 0.3) is 0 Å². The van der Waals surface area contributed by atoms with Crippen LogP contribution in [0, 0.1) is 5.92 Å². The Morgan fingerprint density at radius 1 is 1.32 bits per heavy atom. The van der Waals surface area contributed by atoms with Crippen LogP contribution in [0.1, 0.15) is 22.6 Å². The fraction of sp³-hybridized carbons (Fsp3) is 0.444. The maximum Gasteiger partial charge on any atom is 0.225 e. The SMILES string of the molecule is COCc1ccc(CNC(=O)[C@H]2CNC[C@@H]2c2cnn(C)c2)cc1.Cl.